The zero-order valence-electron chi connectivity index (χ0n) is 26.9. The molecule has 0 aliphatic rings. The minimum Gasteiger partial charge on any atom is -0.760 e. The second kappa shape index (κ2) is 22.2. The SMILES string of the molecule is Nc1ccc(C(=O)[OH2+])cc1.O=C(O)c1ccc(N=Cc2cccc(C=Nc3ccc(C(=O)O)cc3)c2)cc1.O=Cc1cccc(C=O)c1.O=S([O-])Cl. The Morgan fingerprint density at radius 2 is 0.962 bits per heavy atom. The second-order valence-electron chi connectivity index (χ2n) is 9.94. The number of halogens is 1. The molecule has 15 heteroatoms. The summed E-state index contributed by atoms with van der Waals surface area (Å²) in [4.78, 5) is 61.1. The van der Waals surface area contributed by atoms with Crippen molar-refractivity contribution in [2.45, 2.75) is 0 Å². The molecule has 5 rings (SSSR count). The first-order valence-electron chi connectivity index (χ1n) is 14.5. The number of hydrogen-bond acceptors (Lipinski definition) is 10. The maximum absolute atomic E-state index is 10.9. The first-order chi connectivity index (χ1) is 24.8. The van der Waals surface area contributed by atoms with Crippen LogP contribution in [0, 0.1) is 0 Å². The Bertz CT molecular complexity index is 1940. The topological polar surface area (TPSA) is 240 Å². The van der Waals surface area contributed by atoms with Crippen molar-refractivity contribution >= 4 is 80.9 Å². The second-order valence-corrected chi connectivity index (χ2v) is 11.1. The highest BCUT2D eigenvalue weighted by Gasteiger charge is 2.08. The Morgan fingerprint density at radius 3 is 1.29 bits per heavy atom. The lowest BCUT2D eigenvalue weighted by molar-refractivity contribution is 0.0686. The minimum atomic E-state index is -2.39. The fraction of sp³-hybridized carbons (Fsp3) is 0. The third-order valence-electron chi connectivity index (χ3n) is 6.22. The van der Waals surface area contributed by atoms with E-state index in [1.54, 1.807) is 73.1 Å². The number of aldehydes is 2. The molecule has 0 aliphatic carbocycles. The first kappa shape index (κ1) is 41.6. The van der Waals surface area contributed by atoms with Crippen LogP contribution in [0.5, 0.6) is 0 Å². The Labute approximate surface area is 304 Å². The number of carboxylic acid groups (broad SMARTS) is 2. The molecule has 0 saturated carbocycles. The average molecular weight is 744 g/mol. The Balaban J connectivity index is 0.000000316. The van der Waals surface area contributed by atoms with E-state index >= 15 is 0 Å². The summed E-state index contributed by atoms with van der Waals surface area (Å²) in [6.07, 6.45) is 4.81. The lowest BCUT2D eigenvalue weighted by Crippen LogP contribution is -1.95. The van der Waals surface area contributed by atoms with E-state index in [0.29, 0.717) is 46.3 Å². The van der Waals surface area contributed by atoms with Crippen molar-refractivity contribution in [1.82, 2.24) is 0 Å². The van der Waals surface area contributed by atoms with E-state index in [4.69, 9.17) is 29.8 Å². The number of aromatic carboxylic acids is 2. The molecule has 266 valence electrons. The number of rotatable bonds is 9. The van der Waals surface area contributed by atoms with Crippen molar-refractivity contribution in [2.24, 2.45) is 9.98 Å². The molecule has 0 saturated heterocycles. The van der Waals surface area contributed by atoms with Crippen LogP contribution in [0.15, 0.2) is 131 Å². The molecule has 0 spiro atoms. The van der Waals surface area contributed by atoms with Crippen molar-refractivity contribution < 1.29 is 48.1 Å². The maximum Gasteiger partial charge on any atom is 0.549 e. The van der Waals surface area contributed by atoms with Gasteiger partial charge in [-0.05, 0) is 107 Å². The van der Waals surface area contributed by atoms with Gasteiger partial charge >= 0.3 is 17.9 Å². The van der Waals surface area contributed by atoms with Crippen molar-refractivity contribution in [3.8, 4) is 0 Å². The Hall–Kier alpha value is -6.61. The van der Waals surface area contributed by atoms with Crippen LogP contribution in [-0.2, 0) is 10.3 Å². The summed E-state index contributed by atoms with van der Waals surface area (Å²) in [6, 6.07) is 33.0. The van der Waals surface area contributed by atoms with Gasteiger partial charge in [-0.25, -0.2) is 9.59 Å². The molecule has 0 fully saturated rings. The van der Waals surface area contributed by atoms with E-state index < -0.39 is 28.2 Å². The largest absolute Gasteiger partial charge is 0.760 e. The van der Waals surface area contributed by atoms with Crippen LogP contribution in [0.2, 0.25) is 0 Å². The van der Waals surface area contributed by atoms with Crippen LogP contribution < -0.4 is 5.73 Å². The number of nitrogen functional groups attached to an aromatic ring is 1. The molecule has 1 unspecified atom stereocenters. The smallest absolute Gasteiger partial charge is 0.549 e. The van der Waals surface area contributed by atoms with Gasteiger partial charge in [-0.15, -0.1) is 0 Å². The predicted octanol–water partition coefficient (Wildman–Crippen LogP) is 6.05. The van der Waals surface area contributed by atoms with Crippen LogP contribution in [0.25, 0.3) is 0 Å². The van der Waals surface area contributed by atoms with Gasteiger partial charge in [0.05, 0.1) is 22.5 Å². The summed E-state index contributed by atoms with van der Waals surface area (Å²) >= 11 is 0. The van der Waals surface area contributed by atoms with Crippen LogP contribution in [0.4, 0.5) is 17.1 Å². The standard InChI is InChI=1S/C22H16N2O4.C8H6O2.C7H7NO2.ClHO2S/c25-21(26)17-4-8-19(9-5-17)23-13-15-2-1-3-16(12-15)14-24-20-10-6-18(7-11-20)22(27)28;9-5-7-2-1-3-8(4-7)6-10;8-6-3-1-5(2-4-6)7(9)10;1-4(2)3/h1-14H,(H,25,26)(H,27,28);1-6H;1-4H,8H2,(H,9,10);(H,2,3). The fourth-order valence-electron chi connectivity index (χ4n) is 3.74. The summed E-state index contributed by atoms with van der Waals surface area (Å²) in [6.45, 7) is 0. The molecule has 13 nitrogen and oxygen atoms in total. The van der Waals surface area contributed by atoms with Gasteiger partial charge in [0.2, 0.25) is 0 Å². The number of carbonyl (C=O) groups is 5. The summed E-state index contributed by atoms with van der Waals surface area (Å²) in [5, 5.41) is 24.5. The fourth-order valence-corrected chi connectivity index (χ4v) is 3.74. The normalized spacial score (nSPS) is 10.7. The molecule has 0 bridgehead atoms. The number of hydrogen-bond donors (Lipinski definition) is 3. The van der Waals surface area contributed by atoms with E-state index in [-0.39, 0.29) is 11.1 Å². The highest BCUT2D eigenvalue weighted by atomic mass is 35.7. The molecule has 5 aromatic rings. The van der Waals surface area contributed by atoms with Gasteiger partial charge in [0.1, 0.15) is 18.1 Å². The van der Waals surface area contributed by atoms with E-state index in [9.17, 15) is 24.0 Å². The Kier molecular flexibility index (Phi) is 17.7. The molecule has 0 heterocycles. The van der Waals surface area contributed by atoms with E-state index in [0.717, 1.165) is 11.1 Å². The van der Waals surface area contributed by atoms with Gasteiger partial charge in [-0.3, -0.25) is 23.8 Å². The molecule has 0 aliphatic heterocycles. The van der Waals surface area contributed by atoms with Gasteiger partial charge in [0.15, 0.2) is 0 Å². The average Bonchev–Trinajstić information content (AvgIpc) is 3.14. The zero-order chi connectivity index (χ0) is 38.5. The molecular weight excluding hydrogens is 714 g/mol. The van der Waals surface area contributed by atoms with E-state index in [1.807, 2.05) is 24.3 Å². The van der Waals surface area contributed by atoms with Crippen LogP contribution >= 0.6 is 10.7 Å². The van der Waals surface area contributed by atoms with E-state index in [2.05, 4.69) is 20.7 Å². The maximum atomic E-state index is 10.9. The van der Waals surface area contributed by atoms with Crippen LogP contribution in [0.3, 0.4) is 0 Å². The van der Waals surface area contributed by atoms with Crippen LogP contribution in [-0.4, -0.2) is 67.0 Å². The van der Waals surface area contributed by atoms with Gasteiger partial charge < -0.3 is 25.6 Å². The van der Waals surface area contributed by atoms with Gasteiger partial charge in [0, 0.05) is 44.3 Å². The predicted molar refractivity (Wildman–Crippen MR) is 199 cm³/mol. The van der Waals surface area contributed by atoms with Gasteiger partial charge in [0.25, 0.3) is 0 Å². The number of anilines is 1. The highest BCUT2D eigenvalue weighted by Crippen LogP contribution is 2.15. The molecule has 6 N–H and O–H groups in total. The molecule has 0 aromatic heterocycles. The summed E-state index contributed by atoms with van der Waals surface area (Å²) < 4.78 is 17.5. The number of aliphatic imine (C=N–C) groups is 2. The van der Waals surface area contributed by atoms with Crippen molar-refractivity contribution in [3.05, 3.63) is 160 Å². The number of carboxylic acids is 2. The Morgan fingerprint density at radius 1 is 0.635 bits per heavy atom. The van der Waals surface area contributed by atoms with Gasteiger partial charge in [-0.2, -0.15) is 0 Å². The summed E-state index contributed by atoms with van der Waals surface area (Å²) in [5.74, 6) is -2.62. The number of nitrogens with two attached hydrogens (primary N) is 1. The minimum absolute atomic E-state index is 0.216. The monoisotopic (exact) mass is 743 g/mol. The van der Waals surface area contributed by atoms with Crippen LogP contribution in [0.1, 0.15) is 62.9 Å². The lowest BCUT2D eigenvalue weighted by Gasteiger charge is -1.99. The number of nitrogens with zero attached hydrogens (tertiary/aromatic N) is 2. The first-order valence-corrected chi connectivity index (χ1v) is 16.4. The molecule has 0 amide bonds. The highest BCUT2D eigenvalue weighted by molar-refractivity contribution is 8.03. The molecule has 52 heavy (non-hydrogen) atoms. The quantitative estimate of drug-likeness (QED) is 0.0394. The molecule has 0 radical (unpaired) electrons. The summed E-state index contributed by atoms with van der Waals surface area (Å²) in [7, 11) is 1.80. The summed E-state index contributed by atoms with van der Waals surface area (Å²) in [5.41, 5.74) is 10.9. The number of benzene rings is 5. The van der Waals surface area contributed by atoms with Crippen molar-refractivity contribution in [2.75, 3.05) is 5.73 Å². The molecule has 5 aromatic carbocycles. The lowest BCUT2D eigenvalue weighted by atomic mass is 10.1. The van der Waals surface area contributed by atoms with Crippen molar-refractivity contribution in [1.29, 1.82) is 0 Å². The van der Waals surface area contributed by atoms with Crippen molar-refractivity contribution in [3.63, 3.8) is 0 Å². The third kappa shape index (κ3) is 16.2. The number of carbonyl (C=O) groups excluding carboxylic acids is 3. The third-order valence-corrected chi connectivity index (χ3v) is 6.22. The van der Waals surface area contributed by atoms with Gasteiger partial charge in [-0.1, -0.05) is 36.4 Å². The molecule has 1 atom stereocenters. The van der Waals surface area contributed by atoms with E-state index in [1.165, 1.54) is 36.4 Å². The molecular formula is C37H30ClN3O10S. The zero-order valence-corrected chi connectivity index (χ0v) is 28.4.